The number of rotatable bonds is 13. The molecule has 0 aromatic heterocycles. The van der Waals surface area contributed by atoms with Gasteiger partial charge in [-0.2, -0.15) is 0 Å². The lowest BCUT2D eigenvalue weighted by molar-refractivity contribution is -0.385. The predicted octanol–water partition coefficient (Wildman–Crippen LogP) is -8.04. The van der Waals surface area contributed by atoms with Gasteiger partial charge in [0.2, 0.25) is 0 Å². The minimum atomic E-state index is -2.22. The fourth-order valence-corrected chi connectivity index (χ4v) is 5.97. The van der Waals surface area contributed by atoms with Gasteiger partial charge in [-0.25, -0.2) is 9.59 Å². The van der Waals surface area contributed by atoms with Crippen LogP contribution in [0.1, 0.15) is 13.3 Å². The minimum Gasteiger partial charge on any atom is -0.479 e. The molecule has 0 saturated carbocycles. The van der Waals surface area contributed by atoms with Gasteiger partial charge >= 0.3 is 11.9 Å². The number of carbonyl (C=O) groups is 2. The van der Waals surface area contributed by atoms with Gasteiger partial charge in [0, 0.05) is 6.61 Å². The highest BCUT2D eigenvalue weighted by Gasteiger charge is 2.56. The first-order valence-corrected chi connectivity index (χ1v) is 16.0. The Morgan fingerprint density at radius 3 is 1.51 bits per heavy atom. The number of aliphatic hydroxyl groups excluding tert-OH is 11. The SMILES string of the molecule is CCCOC1OC(CO)C(OC2OC(C(=O)O)C(O)C(OC3OC(CO)C(OC4OC(C(=O)OC)C(O)C(O)C4O)C(O)C3O)C2O)C(O)C1O. The van der Waals surface area contributed by atoms with E-state index >= 15 is 0 Å². The molecule has 0 bridgehead atoms. The van der Waals surface area contributed by atoms with Crippen LogP contribution in [0.15, 0.2) is 0 Å². The van der Waals surface area contributed by atoms with Crippen molar-refractivity contribution < 1.29 is 113 Å². The molecule has 20 unspecified atom stereocenters. The summed E-state index contributed by atoms with van der Waals surface area (Å²) in [6, 6.07) is 0. The summed E-state index contributed by atoms with van der Waals surface area (Å²) in [7, 11) is 0.949. The summed E-state index contributed by atoms with van der Waals surface area (Å²) in [5.74, 6) is -2.96. The number of ether oxygens (including phenoxy) is 9. The number of carboxylic acids is 1. The van der Waals surface area contributed by atoms with Gasteiger partial charge < -0.3 is 104 Å². The first-order chi connectivity index (χ1) is 24.1. The van der Waals surface area contributed by atoms with Crippen LogP contribution in [0.3, 0.4) is 0 Å². The molecule has 12 N–H and O–H groups in total. The Morgan fingerprint density at radius 1 is 0.549 bits per heavy atom. The van der Waals surface area contributed by atoms with Crippen molar-refractivity contribution in [2.75, 3.05) is 26.9 Å². The zero-order chi connectivity index (χ0) is 37.9. The third-order valence-corrected chi connectivity index (χ3v) is 8.79. The molecule has 20 atom stereocenters. The fraction of sp³-hybridized carbons (Fsp3) is 0.929. The summed E-state index contributed by atoms with van der Waals surface area (Å²) < 4.78 is 47.8. The van der Waals surface area contributed by atoms with Crippen LogP contribution in [0.5, 0.6) is 0 Å². The maximum Gasteiger partial charge on any atom is 0.337 e. The van der Waals surface area contributed by atoms with Crippen molar-refractivity contribution in [1.82, 2.24) is 0 Å². The quantitative estimate of drug-likeness (QED) is 0.0778. The molecule has 0 radical (unpaired) electrons. The van der Waals surface area contributed by atoms with Crippen LogP contribution < -0.4 is 0 Å². The lowest BCUT2D eigenvalue weighted by Gasteiger charge is -2.48. The van der Waals surface area contributed by atoms with Crippen LogP contribution >= 0.6 is 0 Å². The normalized spacial score (nSPS) is 47.9. The van der Waals surface area contributed by atoms with Crippen molar-refractivity contribution >= 4 is 11.9 Å². The lowest BCUT2D eigenvalue weighted by Crippen LogP contribution is -2.68. The molecular formula is C28H46O23. The number of hydrogen-bond donors (Lipinski definition) is 12. The van der Waals surface area contributed by atoms with E-state index in [0.717, 1.165) is 7.11 Å². The molecule has 51 heavy (non-hydrogen) atoms. The Morgan fingerprint density at radius 2 is 1.00 bits per heavy atom. The summed E-state index contributed by atoms with van der Waals surface area (Å²) in [5.41, 5.74) is 0. The third kappa shape index (κ3) is 8.78. The predicted molar refractivity (Wildman–Crippen MR) is 153 cm³/mol. The second-order valence-electron chi connectivity index (χ2n) is 12.3. The van der Waals surface area contributed by atoms with E-state index in [-0.39, 0.29) is 6.61 Å². The Kier molecular flexibility index (Phi) is 14.8. The van der Waals surface area contributed by atoms with Gasteiger partial charge in [0.1, 0.15) is 85.5 Å². The van der Waals surface area contributed by atoms with Gasteiger partial charge in [-0.15, -0.1) is 0 Å². The van der Waals surface area contributed by atoms with Crippen LogP contribution in [0.25, 0.3) is 0 Å². The van der Waals surface area contributed by atoms with E-state index in [4.69, 9.17) is 37.9 Å². The van der Waals surface area contributed by atoms with Gasteiger partial charge in [-0.05, 0) is 6.42 Å². The van der Waals surface area contributed by atoms with E-state index in [9.17, 15) is 70.9 Å². The molecule has 23 heteroatoms. The van der Waals surface area contributed by atoms with Crippen LogP contribution in [-0.2, 0) is 52.2 Å². The highest BCUT2D eigenvalue weighted by atomic mass is 16.8. The molecule has 0 amide bonds. The third-order valence-electron chi connectivity index (χ3n) is 8.79. The Bertz CT molecular complexity index is 1130. The number of hydrogen-bond acceptors (Lipinski definition) is 22. The van der Waals surface area contributed by atoms with Gasteiger partial charge in [0.15, 0.2) is 37.4 Å². The van der Waals surface area contributed by atoms with Crippen molar-refractivity contribution in [3.8, 4) is 0 Å². The van der Waals surface area contributed by atoms with Gasteiger partial charge in [-0.3, -0.25) is 0 Å². The average Bonchev–Trinajstić information content (AvgIpc) is 3.11. The fourth-order valence-electron chi connectivity index (χ4n) is 5.97. The maximum absolute atomic E-state index is 12.0. The zero-order valence-corrected chi connectivity index (χ0v) is 27.2. The van der Waals surface area contributed by atoms with Crippen molar-refractivity contribution in [3.05, 3.63) is 0 Å². The van der Waals surface area contributed by atoms with E-state index in [0.29, 0.717) is 6.42 Å². The molecule has 0 spiro atoms. The van der Waals surface area contributed by atoms with Gasteiger partial charge in [0.25, 0.3) is 0 Å². The van der Waals surface area contributed by atoms with Crippen molar-refractivity contribution in [2.45, 2.75) is 136 Å². The minimum absolute atomic E-state index is 0.118. The Hall–Kier alpha value is -1.82. The molecule has 4 saturated heterocycles. The topological polar surface area (TPSA) is 360 Å². The molecule has 296 valence electrons. The number of carboxylic acid groups (broad SMARTS) is 1. The highest BCUT2D eigenvalue weighted by Crippen LogP contribution is 2.34. The van der Waals surface area contributed by atoms with E-state index in [1.165, 1.54) is 0 Å². The standard InChI is InChI=1S/C28H46O23/c1-3-4-44-25-14(36)11(33)18(7(5-29)45-25)48-28-17(39)20(16(38)21(50-28)23(40)41)49-26-15(37)12(34)19(8(6-30)46-26)47-27-13(35)9(31)10(32)22(51-27)24(42)43-2/h7-22,25-39H,3-6H2,1-2H3,(H,40,41). The van der Waals surface area contributed by atoms with E-state index in [1.807, 2.05) is 0 Å². The largest absolute Gasteiger partial charge is 0.479 e. The molecular weight excluding hydrogens is 704 g/mol. The molecule has 4 heterocycles. The van der Waals surface area contributed by atoms with Gasteiger partial charge in [-0.1, -0.05) is 6.92 Å². The molecule has 23 nitrogen and oxygen atoms in total. The maximum atomic E-state index is 12.0. The molecule has 0 aromatic carbocycles. The summed E-state index contributed by atoms with van der Waals surface area (Å²) >= 11 is 0. The smallest absolute Gasteiger partial charge is 0.337 e. The average molecular weight is 751 g/mol. The number of carbonyl (C=O) groups excluding carboxylic acids is 1. The van der Waals surface area contributed by atoms with E-state index in [1.54, 1.807) is 6.92 Å². The number of aliphatic hydroxyl groups is 11. The zero-order valence-electron chi connectivity index (χ0n) is 27.2. The lowest BCUT2D eigenvalue weighted by atomic mass is 9.95. The molecule has 0 aromatic rings. The first kappa shape index (κ1) is 41.9. The first-order valence-electron chi connectivity index (χ1n) is 16.0. The second kappa shape index (κ2) is 18.0. The number of methoxy groups -OCH3 is 1. The molecule has 4 rings (SSSR count). The molecule has 0 aliphatic carbocycles. The molecule has 4 aliphatic rings. The second-order valence-corrected chi connectivity index (χ2v) is 12.3. The number of aliphatic carboxylic acids is 1. The van der Waals surface area contributed by atoms with Crippen LogP contribution in [0, 0.1) is 0 Å². The monoisotopic (exact) mass is 750 g/mol. The highest BCUT2D eigenvalue weighted by molar-refractivity contribution is 5.75. The summed E-state index contributed by atoms with van der Waals surface area (Å²) in [5, 5.41) is 126. The van der Waals surface area contributed by atoms with Crippen LogP contribution in [0.4, 0.5) is 0 Å². The van der Waals surface area contributed by atoms with Crippen molar-refractivity contribution in [1.29, 1.82) is 0 Å². The van der Waals surface area contributed by atoms with E-state index < -0.39 is 148 Å². The van der Waals surface area contributed by atoms with Crippen molar-refractivity contribution in [3.63, 3.8) is 0 Å². The van der Waals surface area contributed by atoms with Gasteiger partial charge in [0.05, 0.1) is 20.3 Å². The molecule has 4 fully saturated rings. The number of esters is 1. The Labute approximate surface area is 288 Å². The van der Waals surface area contributed by atoms with E-state index in [2.05, 4.69) is 4.74 Å². The Balaban J connectivity index is 1.50. The van der Waals surface area contributed by atoms with Crippen LogP contribution in [-0.4, -0.2) is 223 Å². The van der Waals surface area contributed by atoms with Crippen molar-refractivity contribution in [2.24, 2.45) is 0 Å². The summed E-state index contributed by atoms with van der Waals surface area (Å²) in [6.07, 6.45) is -38.0. The van der Waals surface area contributed by atoms with Crippen LogP contribution in [0.2, 0.25) is 0 Å². The summed E-state index contributed by atoms with van der Waals surface area (Å²) in [4.78, 5) is 24.0. The summed E-state index contributed by atoms with van der Waals surface area (Å²) in [6.45, 7) is 0.0687. The molecule has 4 aliphatic heterocycles.